The van der Waals surface area contributed by atoms with Crippen molar-refractivity contribution in [2.75, 3.05) is 0 Å². The van der Waals surface area contributed by atoms with E-state index in [-0.39, 0.29) is 11.4 Å². The summed E-state index contributed by atoms with van der Waals surface area (Å²) in [6, 6.07) is 1.88. The highest BCUT2D eigenvalue weighted by molar-refractivity contribution is 9.10. The summed E-state index contributed by atoms with van der Waals surface area (Å²) in [4.78, 5) is 29.6. The molecule has 3 N–H and O–H groups in total. The lowest BCUT2D eigenvalue weighted by atomic mass is 10.3. The predicted molar refractivity (Wildman–Crippen MR) is 68.7 cm³/mol. The molecular weight excluding hydrogens is 322 g/mol. The third kappa shape index (κ3) is 2.77. The second-order valence-electron chi connectivity index (χ2n) is 3.35. The summed E-state index contributed by atoms with van der Waals surface area (Å²) in [5.74, 6) is -1.73. The molecule has 2 rings (SSSR count). The fraction of sp³-hybridized carbons (Fsp3) is 0.100. The number of hydrogen-bond donors (Lipinski definition) is 3. The van der Waals surface area contributed by atoms with E-state index in [0.29, 0.717) is 6.54 Å². The van der Waals surface area contributed by atoms with Crippen LogP contribution in [0.1, 0.15) is 25.9 Å². The number of aromatic amines is 1. The number of carboxylic acids is 1. The number of carbonyl (C=O) groups is 2. The Balaban J connectivity index is 2.04. The Morgan fingerprint density at radius 2 is 2.33 bits per heavy atom. The van der Waals surface area contributed by atoms with Crippen LogP contribution in [0.2, 0.25) is 0 Å². The number of carboxylic acid groups (broad SMARTS) is 1. The molecule has 0 saturated carbocycles. The Labute approximate surface area is 114 Å². The molecule has 8 heteroatoms. The van der Waals surface area contributed by atoms with Crippen LogP contribution in [0.25, 0.3) is 0 Å². The van der Waals surface area contributed by atoms with Crippen LogP contribution in [-0.2, 0) is 6.54 Å². The van der Waals surface area contributed by atoms with Crippen molar-refractivity contribution in [1.29, 1.82) is 0 Å². The van der Waals surface area contributed by atoms with Gasteiger partial charge in [0, 0.05) is 14.7 Å². The van der Waals surface area contributed by atoms with Crippen molar-refractivity contribution in [3.8, 4) is 0 Å². The highest BCUT2D eigenvalue weighted by Gasteiger charge is 2.19. The number of amides is 1. The van der Waals surface area contributed by atoms with Gasteiger partial charge in [-0.2, -0.15) is 0 Å². The summed E-state index contributed by atoms with van der Waals surface area (Å²) in [6.07, 6.45) is 1.18. The molecule has 2 aromatic rings. The number of carbonyl (C=O) groups excluding carboxylic acids is 1. The summed E-state index contributed by atoms with van der Waals surface area (Å²) in [7, 11) is 0. The maximum atomic E-state index is 11.7. The molecule has 0 aromatic carbocycles. The number of nitrogens with zero attached hydrogens (tertiary/aromatic N) is 1. The Hall–Kier alpha value is -1.67. The summed E-state index contributed by atoms with van der Waals surface area (Å²) in [5, 5.41) is 13.4. The van der Waals surface area contributed by atoms with Crippen molar-refractivity contribution >= 4 is 39.1 Å². The molecule has 2 heterocycles. The van der Waals surface area contributed by atoms with Crippen LogP contribution in [-0.4, -0.2) is 27.0 Å². The van der Waals surface area contributed by atoms with Crippen LogP contribution in [0.15, 0.2) is 22.2 Å². The molecule has 0 unspecified atom stereocenters. The first kappa shape index (κ1) is 12.8. The van der Waals surface area contributed by atoms with Gasteiger partial charge in [-0.15, -0.1) is 11.3 Å². The van der Waals surface area contributed by atoms with Crippen molar-refractivity contribution in [3.63, 3.8) is 0 Å². The first-order valence-electron chi connectivity index (χ1n) is 4.85. The average molecular weight is 330 g/mol. The fourth-order valence-electron chi connectivity index (χ4n) is 1.33. The second-order valence-corrected chi connectivity index (χ2v) is 5.26. The van der Waals surface area contributed by atoms with Gasteiger partial charge in [-0.3, -0.25) is 4.79 Å². The van der Waals surface area contributed by atoms with Crippen LogP contribution >= 0.6 is 27.3 Å². The number of aromatic nitrogens is 2. The molecule has 6 nitrogen and oxygen atoms in total. The van der Waals surface area contributed by atoms with Gasteiger partial charge in [0.1, 0.15) is 0 Å². The first-order chi connectivity index (χ1) is 8.58. The van der Waals surface area contributed by atoms with Gasteiger partial charge < -0.3 is 15.4 Å². The molecular formula is C10H8BrN3O3S. The zero-order valence-corrected chi connectivity index (χ0v) is 11.3. The topological polar surface area (TPSA) is 95.1 Å². The normalized spacial score (nSPS) is 10.3. The number of hydrogen-bond acceptors (Lipinski definition) is 4. The van der Waals surface area contributed by atoms with Crippen molar-refractivity contribution in [2.45, 2.75) is 6.54 Å². The number of imidazole rings is 1. The SMILES string of the molecule is O=C(NCc1cc(Br)cs1)c1nc[nH]c1C(=O)O. The van der Waals surface area contributed by atoms with E-state index >= 15 is 0 Å². The Bertz CT molecular complexity index is 593. The Morgan fingerprint density at radius 1 is 1.56 bits per heavy atom. The number of aromatic carboxylic acids is 1. The van der Waals surface area contributed by atoms with E-state index in [4.69, 9.17) is 5.11 Å². The molecule has 1 amide bonds. The molecule has 0 aliphatic carbocycles. The zero-order valence-electron chi connectivity index (χ0n) is 8.94. The largest absolute Gasteiger partial charge is 0.477 e. The standard InChI is InChI=1S/C10H8BrN3O3S/c11-5-1-6(18-3-5)2-12-9(15)7-8(10(16)17)14-4-13-7/h1,3-4H,2H2,(H,12,15)(H,13,14)(H,16,17). The first-order valence-corrected chi connectivity index (χ1v) is 6.53. The van der Waals surface area contributed by atoms with E-state index in [1.54, 1.807) is 0 Å². The van der Waals surface area contributed by atoms with E-state index < -0.39 is 11.9 Å². The van der Waals surface area contributed by atoms with Crippen LogP contribution in [0, 0.1) is 0 Å². The van der Waals surface area contributed by atoms with Gasteiger partial charge in [0.25, 0.3) is 5.91 Å². The van der Waals surface area contributed by atoms with Crippen molar-refractivity contribution in [3.05, 3.63) is 38.5 Å². The number of nitrogens with one attached hydrogen (secondary N) is 2. The summed E-state index contributed by atoms with van der Waals surface area (Å²) in [6.45, 7) is 0.334. The van der Waals surface area contributed by atoms with E-state index in [1.807, 2.05) is 11.4 Å². The number of halogens is 1. The minimum atomic E-state index is -1.21. The zero-order chi connectivity index (χ0) is 13.1. The van der Waals surface area contributed by atoms with Crippen LogP contribution in [0.5, 0.6) is 0 Å². The second kappa shape index (κ2) is 5.32. The number of thiophene rings is 1. The Morgan fingerprint density at radius 3 is 2.94 bits per heavy atom. The Kier molecular flexibility index (Phi) is 3.78. The minimum Gasteiger partial charge on any atom is -0.477 e. The molecule has 0 saturated heterocycles. The summed E-state index contributed by atoms with van der Waals surface area (Å²) in [5.41, 5.74) is -0.321. The molecule has 0 spiro atoms. The molecule has 0 fully saturated rings. The number of rotatable bonds is 4. The fourth-order valence-corrected chi connectivity index (χ4v) is 2.72. The van der Waals surface area contributed by atoms with Crippen molar-refractivity contribution in [2.24, 2.45) is 0 Å². The van der Waals surface area contributed by atoms with Gasteiger partial charge in [-0.05, 0) is 22.0 Å². The van der Waals surface area contributed by atoms with Crippen LogP contribution in [0.3, 0.4) is 0 Å². The van der Waals surface area contributed by atoms with Gasteiger partial charge >= 0.3 is 5.97 Å². The molecule has 0 aliphatic rings. The third-order valence-electron chi connectivity index (χ3n) is 2.11. The van der Waals surface area contributed by atoms with Gasteiger partial charge in [0.2, 0.25) is 0 Å². The molecule has 18 heavy (non-hydrogen) atoms. The van der Waals surface area contributed by atoms with Crippen LogP contribution < -0.4 is 5.32 Å². The van der Waals surface area contributed by atoms with Gasteiger partial charge in [0.05, 0.1) is 12.9 Å². The maximum absolute atomic E-state index is 11.7. The van der Waals surface area contributed by atoms with Gasteiger partial charge in [-0.25, -0.2) is 9.78 Å². The molecule has 0 atom stereocenters. The highest BCUT2D eigenvalue weighted by Crippen LogP contribution is 2.19. The predicted octanol–water partition coefficient (Wildman–Crippen LogP) is 1.86. The van der Waals surface area contributed by atoms with E-state index in [9.17, 15) is 9.59 Å². The van der Waals surface area contributed by atoms with Gasteiger partial charge in [0.15, 0.2) is 11.4 Å². The summed E-state index contributed by atoms with van der Waals surface area (Å²) >= 11 is 4.80. The lowest BCUT2D eigenvalue weighted by Gasteiger charge is -2.01. The lowest BCUT2D eigenvalue weighted by molar-refractivity contribution is 0.0685. The van der Waals surface area contributed by atoms with E-state index in [0.717, 1.165) is 9.35 Å². The quantitative estimate of drug-likeness (QED) is 0.797. The third-order valence-corrected chi connectivity index (χ3v) is 3.81. The van der Waals surface area contributed by atoms with Crippen molar-refractivity contribution in [1.82, 2.24) is 15.3 Å². The van der Waals surface area contributed by atoms with E-state index in [2.05, 4.69) is 31.2 Å². The van der Waals surface area contributed by atoms with Crippen molar-refractivity contribution < 1.29 is 14.7 Å². The van der Waals surface area contributed by atoms with Gasteiger partial charge in [-0.1, -0.05) is 0 Å². The number of H-pyrrole nitrogens is 1. The maximum Gasteiger partial charge on any atom is 0.354 e. The highest BCUT2D eigenvalue weighted by atomic mass is 79.9. The summed E-state index contributed by atoms with van der Waals surface area (Å²) < 4.78 is 0.947. The minimum absolute atomic E-state index is 0.113. The average Bonchev–Trinajstić information content (AvgIpc) is 2.94. The smallest absolute Gasteiger partial charge is 0.354 e. The molecule has 0 aliphatic heterocycles. The van der Waals surface area contributed by atoms with Crippen LogP contribution in [0.4, 0.5) is 0 Å². The molecule has 94 valence electrons. The molecule has 0 radical (unpaired) electrons. The lowest BCUT2D eigenvalue weighted by Crippen LogP contribution is -2.24. The molecule has 2 aromatic heterocycles. The molecule has 0 bridgehead atoms. The van der Waals surface area contributed by atoms with E-state index in [1.165, 1.54) is 17.7 Å². The monoisotopic (exact) mass is 329 g/mol.